The van der Waals surface area contributed by atoms with Crippen molar-refractivity contribution in [3.63, 3.8) is 0 Å². The monoisotopic (exact) mass is 285 g/mol. The molecule has 1 aromatic carbocycles. The van der Waals surface area contributed by atoms with E-state index < -0.39 is 11.2 Å². The second kappa shape index (κ2) is 4.48. The highest BCUT2D eigenvalue weighted by molar-refractivity contribution is 6.04. The van der Waals surface area contributed by atoms with E-state index in [0.29, 0.717) is 16.8 Å². The molecule has 0 aliphatic rings. The summed E-state index contributed by atoms with van der Waals surface area (Å²) in [6.45, 7) is 4.11. The molecule has 0 radical (unpaired) electrons. The van der Waals surface area contributed by atoms with Crippen LogP contribution in [-0.2, 0) is 7.05 Å². The van der Waals surface area contributed by atoms with E-state index in [9.17, 15) is 14.7 Å². The zero-order chi connectivity index (χ0) is 15.3. The van der Waals surface area contributed by atoms with Crippen molar-refractivity contribution in [3.05, 3.63) is 50.6 Å². The first-order valence-electron chi connectivity index (χ1n) is 6.69. The molecule has 5 nitrogen and oxygen atoms in total. The quantitative estimate of drug-likeness (QED) is 0.697. The zero-order valence-electron chi connectivity index (χ0n) is 12.0. The Morgan fingerprint density at radius 1 is 1.19 bits per heavy atom. The van der Waals surface area contributed by atoms with Crippen molar-refractivity contribution in [1.82, 2.24) is 4.57 Å². The fourth-order valence-corrected chi connectivity index (χ4v) is 2.54. The van der Waals surface area contributed by atoms with Crippen LogP contribution in [0.15, 0.2) is 38.3 Å². The van der Waals surface area contributed by atoms with Crippen molar-refractivity contribution >= 4 is 21.9 Å². The largest absolute Gasteiger partial charge is 0.507 e. The molecule has 108 valence electrons. The van der Waals surface area contributed by atoms with Crippen molar-refractivity contribution in [2.45, 2.75) is 19.8 Å². The molecule has 0 aliphatic carbocycles. The summed E-state index contributed by atoms with van der Waals surface area (Å²) in [5.41, 5.74) is 0.792. The maximum Gasteiger partial charge on any atom is 0.339 e. The molecule has 0 spiro atoms. The lowest BCUT2D eigenvalue weighted by Gasteiger charge is -2.11. The van der Waals surface area contributed by atoms with Crippen LogP contribution in [0, 0.1) is 0 Å². The molecule has 3 aromatic rings. The number of fused-ring (bicyclic) bond motifs is 3. The van der Waals surface area contributed by atoms with Gasteiger partial charge in [-0.05, 0) is 23.6 Å². The van der Waals surface area contributed by atoms with Crippen molar-refractivity contribution in [3.8, 4) is 5.75 Å². The van der Waals surface area contributed by atoms with Crippen LogP contribution in [0.5, 0.6) is 5.75 Å². The maximum atomic E-state index is 12.3. The van der Waals surface area contributed by atoms with Gasteiger partial charge in [0.05, 0.1) is 11.6 Å². The van der Waals surface area contributed by atoms with E-state index >= 15 is 0 Å². The van der Waals surface area contributed by atoms with Gasteiger partial charge in [0.25, 0.3) is 5.56 Å². The van der Waals surface area contributed by atoms with E-state index in [1.165, 1.54) is 4.57 Å². The predicted molar refractivity (Wildman–Crippen MR) is 81.0 cm³/mol. The molecule has 0 aliphatic heterocycles. The van der Waals surface area contributed by atoms with E-state index in [2.05, 4.69) is 13.8 Å². The third-order valence-electron chi connectivity index (χ3n) is 3.75. The number of pyridine rings is 1. The Morgan fingerprint density at radius 2 is 1.90 bits per heavy atom. The third-order valence-corrected chi connectivity index (χ3v) is 3.75. The van der Waals surface area contributed by atoms with Gasteiger partial charge in [0, 0.05) is 12.4 Å². The number of aryl methyl sites for hydroxylation is 1. The maximum absolute atomic E-state index is 12.3. The van der Waals surface area contributed by atoms with Gasteiger partial charge in [-0.2, -0.15) is 0 Å². The summed E-state index contributed by atoms with van der Waals surface area (Å²) < 4.78 is 6.64. The molecule has 1 N–H and O–H groups in total. The van der Waals surface area contributed by atoms with Gasteiger partial charge in [0.1, 0.15) is 11.1 Å². The van der Waals surface area contributed by atoms with Gasteiger partial charge < -0.3 is 14.1 Å². The lowest BCUT2D eigenvalue weighted by atomic mass is 10.00. The van der Waals surface area contributed by atoms with Gasteiger partial charge >= 0.3 is 5.63 Å². The first kappa shape index (κ1) is 13.4. The molecule has 0 saturated heterocycles. The second-order valence-corrected chi connectivity index (χ2v) is 5.45. The fourth-order valence-electron chi connectivity index (χ4n) is 2.54. The van der Waals surface area contributed by atoms with Crippen molar-refractivity contribution < 1.29 is 9.52 Å². The van der Waals surface area contributed by atoms with Crippen LogP contribution in [0.4, 0.5) is 0 Å². The molecule has 5 heteroatoms. The minimum absolute atomic E-state index is 0.0329. The summed E-state index contributed by atoms with van der Waals surface area (Å²) in [6, 6.07) is 6.58. The summed E-state index contributed by atoms with van der Waals surface area (Å²) in [4.78, 5) is 23.9. The number of nitrogens with zero attached hydrogens (tertiary/aromatic N) is 1. The lowest BCUT2D eigenvalue weighted by Crippen LogP contribution is -2.18. The Morgan fingerprint density at radius 3 is 2.57 bits per heavy atom. The average molecular weight is 285 g/mol. The zero-order valence-corrected chi connectivity index (χ0v) is 12.0. The molecule has 2 aromatic heterocycles. The van der Waals surface area contributed by atoms with E-state index in [0.717, 1.165) is 11.6 Å². The first-order valence-corrected chi connectivity index (χ1v) is 6.69. The normalized spacial score (nSPS) is 11.6. The van der Waals surface area contributed by atoms with Gasteiger partial charge in [-0.25, -0.2) is 4.79 Å². The molecule has 0 amide bonds. The van der Waals surface area contributed by atoms with Crippen LogP contribution in [0.1, 0.15) is 25.3 Å². The molecule has 0 bridgehead atoms. The minimum Gasteiger partial charge on any atom is -0.507 e. The number of benzene rings is 1. The Balaban J connectivity index is 2.65. The van der Waals surface area contributed by atoms with Gasteiger partial charge in [0.15, 0.2) is 5.58 Å². The van der Waals surface area contributed by atoms with Crippen LogP contribution in [0.2, 0.25) is 0 Å². The Bertz CT molecular complexity index is 979. The topological polar surface area (TPSA) is 72.4 Å². The molecule has 0 fully saturated rings. The average Bonchev–Trinajstić information content (AvgIpc) is 2.43. The first-order chi connectivity index (χ1) is 9.90. The van der Waals surface area contributed by atoms with E-state index in [4.69, 9.17) is 4.42 Å². The Labute approximate surface area is 120 Å². The molecule has 0 saturated carbocycles. The van der Waals surface area contributed by atoms with Crippen molar-refractivity contribution in [2.24, 2.45) is 7.05 Å². The van der Waals surface area contributed by atoms with E-state index in [1.54, 1.807) is 7.05 Å². The Hall–Kier alpha value is -2.56. The lowest BCUT2D eigenvalue weighted by molar-refractivity contribution is 0.467. The van der Waals surface area contributed by atoms with Crippen LogP contribution < -0.4 is 11.2 Å². The molecule has 2 heterocycles. The SMILES string of the molecule is CC(C)c1ccc2c(c1)c1oc(=O)cc(O)c1c(=O)n2C. The van der Waals surface area contributed by atoms with Gasteiger partial charge in [0.2, 0.25) is 0 Å². The van der Waals surface area contributed by atoms with Crippen molar-refractivity contribution in [1.29, 1.82) is 0 Å². The minimum atomic E-state index is -0.676. The summed E-state index contributed by atoms with van der Waals surface area (Å²) in [5.74, 6) is -0.0515. The van der Waals surface area contributed by atoms with Crippen molar-refractivity contribution in [2.75, 3.05) is 0 Å². The standard InChI is InChI=1S/C16H15NO4/c1-8(2)9-4-5-11-10(6-9)15-14(16(20)17(11)3)12(18)7-13(19)21-15/h4-8,18H,1-3H3. The molecular formula is C16H15NO4. The van der Waals surface area contributed by atoms with Gasteiger partial charge in [-0.15, -0.1) is 0 Å². The highest BCUT2D eigenvalue weighted by Gasteiger charge is 2.16. The molecule has 0 atom stereocenters. The number of rotatable bonds is 1. The Kier molecular flexibility index (Phi) is 2.86. The van der Waals surface area contributed by atoms with Gasteiger partial charge in [-0.3, -0.25) is 4.79 Å². The number of hydrogen-bond donors (Lipinski definition) is 1. The van der Waals surface area contributed by atoms with E-state index in [1.807, 2.05) is 18.2 Å². The molecule has 3 rings (SSSR count). The summed E-state index contributed by atoms with van der Waals surface area (Å²) in [5, 5.41) is 10.6. The number of hydrogen-bond acceptors (Lipinski definition) is 4. The number of aromatic nitrogens is 1. The van der Waals surface area contributed by atoms with Crippen LogP contribution in [0.3, 0.4) is 0 Å². The predicted octanol–water partition coefficient (Wildman–Crippen LogP) is 2.47. The van der Waals surface area contributed by atoms with Crippen LogP contribution in [-0.4, -0.2) is 9.67 Å². The highest BCUT2D eigenvalue weighted by atomic mass is 16.4. The van der Waals surface area contributed by atoms with Crippen LogP contribution in [0.25, 0.3) is 21.9 Å². The highest BCUT2D eigenvalue weighted by Crippen LogP contribution is 2.28. The summed E-state index contributed by atoms with van der Waals surface area (Å²) >= 11 is 0. The fraction of sp³-hybridized carbons (Fsp3) is 0.250. The molecule has 0 unspecified atom stereocenters. The van der Waals surface area contributed by atoms with Gasteiger partial charge in [-0.1, -0.05) is 19.9 Å². The molecule has 21 heavy (non-hydrogen) atoms. The number of aromatic hydroxyl groups is 1. The summed E-state index contributed by atoms with van der Waals surface area (Å²) in [7, 11) is 1.63. The third kappa shape index (κ3) is 1.93. The smallest absolute Gasteiger partial charge is 0.339 e. The van der Waals surface area contributed by atoms with Crippen LogP contribution >= 0.6 is 0 Å². The van der Waals surface area contributed by atoms with E-state index in [-0.39, 0.29) is 16.7 Å². The molecular weight excluding hydrogens is 270 g/mol. The summed E-state index contributed by atoms with van der Waals surface area (Å²) in [6.07, 6.45) is 0. The second-order valence-electron chi connectivity index (χ2n) is 5.45.